The minimum Gasteiger partial charge on any atom is -0.0912 e. The van der Waals surface area contributed by atoms with Crippen LogP contribution in [-0.4, -0.2) is 0 Å². The third kappa shape index (κ3) is 3.37. The van der Waals surface area contributed by atoms with Crippen LogP contribution in [0, 0.1) is 11.3 Å². The SMILES string of the molecule is C=C1C(C)=CC(C)C=C1CC(C)(C)CCC. The lowest BCUT2D eigenvalue weighted by Crippen LogP contribution is -2.14. The normalized spacial score (nSPS) is 21.8. The molecule has 1 aliphatic carbocycles. The Labute approximate surface area is 101 Å². The molecule has 0 aromatic rings. The van der Waals surface area contributed by atoms with Crippen LogP contribution in [0.3, 0.4) is 0 Å². The van der Waals surface area contributed by atoms with E-state index in [1.165, 1.54) is 29.6 Å². The van der Waals surface area contributed by atoms with Crippen LogP contribution >= 0.6 is 0 Å². The molecule has 0 radical (unpaired) electrons. The van der Waals surface area contributed by atoms with Crippen molar-refractivity contribution in [2.45, 2.75) is 53.9 Å². The predicted molar refractivity (Wildman–Crippen MR) is 73.5 cm³/mol. The van der Waals surface area contributed by atoms with Gasteiger partial charge in [0.1, 0.15) is 0 Å². The number of hydrogen-bond donors (Lipinski definition) is 0. The van der Waals surface area contributed by atoms with E-state index in [1.54, 1.807) is 0 Å². The van der Waals surface area contributed by atoms with Gasteiger partial charge in [0, 0.05) is 0 Å². The van der Waals surface area contributed by atoms with Gasteiger partial charge < -0.3 is 0 Å². The van der Waals surface area contributed by atoms with Crippen molar-refractivity contribution in [1.82, 2.24) is 0 Å². The first-order valence-electron chi connectivity index (χ1n) is 6.44. The molecule has 1 rings (SSSR count). The van der Waals surface area contributed by atoms with E-state index in [0.29, 0.717) is 11.3 Å². The zero-order chi connectivity index (χ0) is 12.3. The molecule has 0 heteroatoms. The lowest BCUT2D eigenvalue weighted by molar-refractivity contribution is 0.329. The highest BCUT2D eigenvalue weighted by Gasteiger charge is 2.22. The Bertz CT molecular complexity index is 326. The van der Waals surface area contributed by atoms with Crippen molar-refractivity contribution in [2.75, 3.05) is 0 Å². The highest BCUT2D eigenvalue weighted by atomic mass is 14.3. The van der Waals surface area contributed by atoms with Crippen LogP contribution in [-0.2, 0) is 0 Å². The molecule has 0 aromatic carbocycles. The molecule has 0 bridgehead atoms. The van der Waals surface area contributed by atoms with E-state index >= 15 is 0 Å². The summed E-state index contributed by atoms with van der Waals surface area (Å²) in [7, 11) is 0. The van der Waals surface area contributed by atoms with E-state index in [1.807, 2.05) is 0 Å². The van der Waals surface area contributed by atoms with E-state index < -0.39 is 0 Å². The first kappa shape index (κ1) is 13.3. The van der Waals surface area contributed by atoms with Crippen molar-refractivity contribution in [1.29, 1.82) is 0 Å². The van der Waals surface area contributed by atoms with Gasteiger partial charge in [-0.05, 0) is 47.8 Å². The molecule has 0 aliphatic heterocycles. The van der Waals surface area contributed by atoms with Gasteiger partial charge >= 0.3 is 0 Å². The van der Waals surface area contributed by atoms with Crippen molar-refractivity contribution < 1.29 is 0 Å². The second kappa shape index (κ2) is 5.03. The average Bonchev–Trinajstić information content (AvgIpc) is 2.12. The molecule has 0 nitrogen and oxygen atoms in total. The van der Waals surface area contributed by atoms with Crippen LogP contribution in [0.4, 0.5) is 0 Å². The number of rotatable bonds is 4. The minimum absolute atomic E-state index is 0.404. The van der Waals surface area contributed by atoms with Gasteiger partial charge in [-0.2, -0.15) is 0 Å². The van der Waals surface area contributed by atoms with Crippen LogP contribution in [0.15, 0.2) is 35.5 Å². The summed E-state index contributed by atoms with van der Waals surface area (Å²) in [6.07, 6.45) is 8.40. The fourth-order valence-corrected chi connectivity index (χ4v) is 2.66. The second-order valence-electron chi connectivity index (χ2n) is 5.97. The van der Waals surface area contributed by atoms with Crippen LogP contribution in [0.25, 0.3) is 0 Å². The Balaban J connectivity index is 2.78. The Morgan fingerprint density at radius 2 is 1.94 bits per heavy atom. The molecule has 16 heavy (non-hydrogen) atoms. The first-order chi connectivity index (χ1) is 7.35. The van der Waals surface area contributed by atoms with Crippen molar-refractivity contribution >= 4 is 0 Å². The smallest absolute Gasteiger partial charge is 0.00699 e. The maximum atomic E-state index is 4.22. The van der Waals surface area contributed by atoms with E-state index in [-0.39, 0.29) is 0 Å². The van der Waals surface area contributed by atoms with Crippen LogP contribution in [0.2, 0.25) is 0 Å². The molecular formula is C16H26. The third-order valence-electron chi connectivity index (χ3n) is 3.44. The summed E-state index contributed by atoms with van der Waals surface area (Å²) < 4.78 is 0. The molecule has 1 atom stereocenters. The molecule has 0 fully saturated rings. The molecule has 0 aromatic heterocycles. The second-order valence-corrected chi connectivity index (χ2v) is 5.97. The highest BCUT2D eigenvalue weighted by Crippen LogP contribution is 2.37. The minimum atomic E-state index is 0.404. The van der Waals surface area contributed by atoms with Crippen molar-refractivity contribution in [3.8, 4) is 0 Å². The molecule has 1 unspecified atom stereocenters. The topological polar surface area (TPSA) is 0 Å². The average molecular weight is 218 g/mol. The number of hydrogen-bond acceptors (Lipinski definition) is 0. The molecule has 0 saturated carbocycles. The molecule has 0 amide bonds. The third-order valence-corrected chi connectivity index (χ3v) is 3.44. The summed E-state index contributed by atoms with van der Waals surface area (Å²) in [6, 6.07) is 0. The molecule has 0 heterocycles. The molecule has 0 spiro atoms. The van der Waals surface area contributed by atoms with Crippen LogP contribution in [0.5, 0.6) is 0 Å². The molecule has 1 aliphatic rings. The molecule has 0 N–H and O–H groups in total. The summed E-state index contributed by atoms with van der Waals surface area (Å²) in [5.41, 5.74) is 4.48. The van der Waals surface area contributed by atoms with E-state index in [0.717, 1.165) is 6.42 Å². The first-order valence-corrected chi connectivity index (χ1v) is 6.44. The standard InChI is InChI=1S/C16H26/c1-7-8-16(5,6)11-15-10-12(2)9-13(3)14(15)4/h9-10,12H,4,7-8,11H2,1-3,5-6H3. The van der Waals surface area contributed by atoms with Crippen LogP contribution < -0.4 is 0 Å². The van der Waals surface area contributed by atoms with Crippen LogP contribution in [0.1, 0.15) is 53.9 Å². The maximum Gasteiger partial charge on any atom is -0.00699 e. The molecule has 0 saturated heterocycles. The van der Waals surface area contributed by atoms with E-state index in [9.17, 15) is 0 Å². The lowest BCUT2D eigenvalue weighted by atomic mass is 9.76. The quantitative estimate of drug-likeness (QED) is 0.602. The maximum absolute atomic E-state index is 4.22. The summed E-state index contributed by atoms with van der Waals surface area (Å²) in [6.45, 7) is 15.6. The van der Waals surface area contributed by atoms with Gasteiger partial charge in [0.2, 0.25) is 0 Å². The zero-order valence-electron chi connectivity index (χ0n) is 11.6. The van der Waals surface area contributed by atoms with Crippen molar-refractivity contribution in [2.24, 2.45) is 11.3 Å². The summed E-state index contributed by atoms with van der Waals surface area (Å²) >= 11 is 0. The van der Waals surface area contributed by atoms with Crippen molar-refractivity contribution in [3.05, 3.63) is 35.5 Å². The Hall–Kier alpha value is -0.780. The fraction of sp³-hybridized carbons (Fsp3) is 0.625. The van der Waals surface area contributed by atoms with Gasteiger partial charge in [-0.15, -0.1) is 0 Å². The van der Waals surface area contributed by atoms with Gasteiger partial charge in [0.05, 0.1) is 0 Å². The Morgan fingerprint density at radius 1 is 1.31 bits per heavy atom. The van der Waals surface area contributed by atoms with Gasteiger partial charge in [0.25, 0.3) is 0 Å². The van der Waals surface area contributed by atoms with Gasteiger partial charge in [-0.1, -0.05) is 52.8 Å². The van der Waals surface area contributed by atoms with E-state index in [4.69, 9.17) is 0 Å². The largest absolute Gasteiger partial charge is 0.0912 e. The van der Waals surface area contributed by atoms with Gasteiger partial charge in [0.15, 0.2) is 0 Å². The van der Waals surface area contributed by atoms with Gasteiger partial charge in [-0.3, -0.25) is 0 Å². The highest BCUT2D eigenvalue weighted by molar-refractivity contribution is 5.48. The zero-order valence-corrected chi connectivity index (χ0v) is 11.6. The summed E-state index contributed by atoms with van der Waals surface area (Å²) in [5, 5.41) is 0. The molecular weight excluding hydrogens is 192 g/mol. The summed E-state index contributed by atoms with van der Waals surface area (Å²) in [5.74, 6) is 0.568. The van der Waals surface area contributed by atoms with Gasteiger partial charge in [-0.25, -0.2) is 0 Å². The monoisotopic (exact) mass is 218 g/mol. The summed E-state index contributed by atoms with van der Waals surface area (Å²) in [4.78, 5) is 0. The Morgan fingerprint density at radius 3 is 2.50 bits per heavy atom. The predicted octanol–water partition coefficient (Wildman–Crippen LogP) is 5.28. The van der Waals surface area contributed by atoms with Crippen molar-refractivity contribution in [3.63, 3.8) is 0 Å². The van der Waals surface area contributed by atoms with E-state index in [2.05, 4.69) is 53.3 Å². The Kier molecular flexibility index (Phi) is 4.18. The lowest BCUT2D eigenvalue weighted by Gasteiger charge is -2.29. The fourth-order valence-electron chi connectivity index (χ4n) is 2.66. The number of allylic oxidation sites excluding steroid dienone is 5. The molecule has 90 valence electrons.